The molecule has 1 aliphatic rings. The van der Waals surface area contributed by atoms with Crippen LogP contribution in [0.3, 0.4) is 0 Å². The SMILES string of the molecule is CCCCOc1ccccc1C(=O)Nc1ccccc1C(=O)N1CCC(C)CC1. The number of rotatable bonds is 7. The molecule has 3 rings (SSSR count). The number of nitrogens with zero attached hydrogens (tertiary/aromatic N) is 1. The number of anilines is 1. The minimum absolute atomic E-state index is 0.0275. The maximum atomic E-state index is 13.0. The van der Waals surface area contributed by atoms with Crippen molar-refractivity contribution in [3.05, 3.63) is 59.7 Å². The Hall–Kier alpha value is -2.82. The Bertz CT molecular complexity index is 842. The van der Waals surface area contributed by atoms with Gasteiger partial charge in [-0.1, -0.05) is 44.5 Å². The molecular weight excluding hydrogens is 364 g/mol. The van der Waals surface area contributed by atoms with Crippen molar-refractivity contribution in [3.8, 4) is 5.75 Å². The van der Waals surface area contributed by atoms with Crippen LogP contribution in [0.4, 0.5) is 5.69 Å². The van der Waals surface area contributed by atoms with Gasteiger partial charge in [-0.25, -0.2) is 0 Å². The van der Waals surface area contributed by atoms with Gasteiger partial charge in [0.15, 0.2) is 0 Å². The van der Waals surface area contributed by atoms with Crippen LogP contribution in [0, 0.1) is 5.92 Å². The van der Waals surface area contributed by atoms with E-state index in [1.54, 1.807) is 24.3 Å². The molecule has 2 aromatic rings. The number of para-hydroxylation sites is 2. The summed E-state index contributed by atoms with van der Waals surface area (Å²) in [6.45, 7) is 6.41. The molecule has 1 N–H and O–H groups in total. The summed E-state index contributed by atoms with van der Waals surface area (Å²) >= 11 is 0. The van der Waals surface area contributed by atoms with E-state index in [9.17, 15) is 9.59 Å². The molecule has 0 aliphatic carbocycles. The number of amides is 2. The summed E-state index contributed by atoms with van der Waals surface area (Å²) in [5.41, 5.74) is 1.53. The summed E-state index contributed by atoms with van der Waals surface area (Å²) in [7, 11) is 0. The van der Waals surface area contributed by atoms with Crippen molar-refractivity contribution >= 4 is 17.5 Å². The maximum Gasteiger partial charge on any atom is 0.259 e. The number of benzene rings is 2. The number of hydrogen-bond acceptors (Lipinski definition) is 3. The third-order valence-corrected chi connectivity index (χ3v) is 5.36. The molecule has 1 saturated heterocycles. The summed E-state index contributed by atoms with van der Waals surface area (Å²) in [5.74, 6) is 0.912. The van der Waals surface area contributed by atoms with Gasteiger partial charge in [0.1, 0.15) is 5.75 Å². The van der Waals surface area contributed by atoms with Gasteiger partial charge in [-0.15, -0.1) is 0 Å². The van der Waals surface area contributed by atoms with Gasteiger partial charge in [-0.05, 0) is 49.4 Å². The predicted molar refractivity (Wildman–Crippen MR) is 116 cm³/mol. The molecule has 0 atom stereocenters. The van der Waals surface area contributed by atoms with Crippen LogP contribution in [0.15, 0.2) is 48.5 Å². The number of piperidine rings is 1. The molecule has 0 unspecified atom stereocenters. The van der Waals surface area contributed by atoms with Crippen LogP contribution in [0.25, 0.3) is 0 Å². The highest BCUT2D eigenvalue weighted by atomic mass is 16.5. The Morgan fingerprint density at radius 1 is 1.03 bits per heavy atom. The third-order valence-electron chi connectivity index (χ3n) is 5.36. The van der Waals surface area contributed by atoms with Gasteiger partial charge in [0.25, 0.3) is 11.8 Å². The zero-order valence-corrected chi connectivity index (χ0v) is 17.3. The Morgan fingerprint density at radius 2 is 1.69 bits per heavy atom. The largest absolute Gasteiger partial charge is 0.493 e. The number of carbonyl (C=O) groups is 2. The zero-order valence-electron chi connectivity index (χ0n) is 17.3. The van der Waals surface area contributed by atoms with Gasteiger partial charge in [0.2, 0.25) is 0 Å². The van der Waals surface area contributed by atoms with Gasteiger partial charge < -0.3 is 15.0 Å². The third kappa shape index (κ3) is 5.37. The van der Waals surface area contributed by atoms with E-state index < -0.39 is 0 Å². The normalized spacial score (nSPS) is 14.5. The van der Waals surface area contributed by atoms with Gasteiger partial charge >= 0.3 is 0 Å². The highest BCUT2D eigenvalue weighted by Crippen LogP contribution is 2.24. The van der Waals surface area contributed by atoms with Crippen molar-refractivity contribution in [3.63, 3.8) is 0 Å². The molecule has 0 saturated carbocycles. The standard InChI is InChI=1S/C24H30N2O3/c1-3-4-17-29-22-12-8-6-10-20(22)23(27)25-21-11-7-5-9-19(21)24(28)26-15-13-18(2)14-16-26/h5-12,18H,3-4,13-17H2,1-2H3,(H,25,27). The number of unbranched alkanes of at least 4 members (excludes halogenated alkanes) is 1. The van der Waals surface area contributed by atoms with Gasteiger partial charge in [0.05, 0.1) is 23.4 Å². The lowest BCUT2D eigenvalue weighted by molar-refractivity contribution is 0.0698. The zero-order chi connectivity index (χ0) is 20.6. The van der Waals surface area contributed by atoms with E-state index in [1.807, 2.05) is 29.2 Å². The molecule has 5 heteroatoms. The van der Waals surface area contributed by atoms with Crippen LogP contribution in [-0.2, 0) is 0 Å². The van der Waals surface area contributed by atoms with E-state index >= 15 is 0 Å². The number of nitrogens with one attached hydrogen (secondary N) is 1. The molecule has 2 aromatic carbocycles. The summed E-state index contributed by atoms with van der Waals surface area (Å²) in [6.07, 6.45) is 3.99. The summed E-state index contributed by atoms with van der Waals surface area (Å²) in [5, 5.41) is 2.92. The van der Waals surface area contributed by atoms with Crippen LogP contribution in [0.5, 0.6) is 5.75 Å². The first kappa shape index (κ1) is 20.9. The van der Waals surface area contributed by atoms with E-state index in [1.165, 1.54) is 0 Å². The van der Waals surface area contributed by atoms with Crippen LogP contribution in [0.1, 0.15) is 60.2 Å². The smallest absolute Gasteiger partial charge is 0.259 e. The Balaban J connectivity index is 1.76. The summed E-state index contributed by atoms with van der Waals surface area (Å²) in [6, 6.07) is 14.4. The molecule has 0 bridgehead atoms. The van der Waals surface area contributed by atoms with Crippen molar-refractivity contribution in [1.82, 2.24) is 4.90 Å². The first-order valence-electron chi connectivity index (χ1n) is 10.5. The molecule has 0 radical (unpaired) electrons. The first-order valence-corrected chi connectivity index (χ1v) is 10.5. The van der Waals surface area contributed by atoms with E-state index in [0.29, 0.717) is 35.1 Å². The van der Waals surface area contributed by atoms with Crippen molar-refractivity contribution in [2.45, 2.75) is 39.5 Å². The second kappa shape index (κ2) is 10.1. The minimum atomic E-state index is -0.274. The molecule has 5 nitrogen and oxygen atoms in total. The molecule has 2 amide bonds. The molecule has 1 heterocycles. The quantitative estimate of drug-likeness (QED) is 0.673. The highest BCUT2D eigenvalue weighted by molar-refractivity contribution is 6.10. The molecule has 154 valence electrons. The average Bonchev–Trinajstić information content (AvgIpc) is 2.75. The van der Waals surface area contributed by atoms with Crippen molar-refractivity contribution < 1.29 is 14.3 Å². The Labute approximate surface area is 173 Å². The fraction of sp³-hybridized carbons (Fsp3) is 0.417. The molecule has 1 fully saturated rings. The lowest BCUT2D eigenvalue weighted by atomic mass is 9.98. The Morgan fingerprint density at radius 3 is 2.41 bits per heavy atom. The molecule has 1 aliphatic heterocycles. The fourth-order valence-corrected chi connectivity index (χ4v) is 3.46. The minimum Gasteiger partial charge on any atom is -0.493 e. The van der Waals surface area contributed by atoms with E-state index in [0.717, 1.165) is 38.8 Å². The van der Waals surface area contributed by atoms with E-state index in [2.05, 4.69) is 19.2 Å². The van der Waals surface area contributed by atoms with Crippen molar-refractivity contribution in [1.29, 1.82) is 0 Å². The monoisotopic (exact) mass is 394 g/mol. The van der Waals surface area contributed by atoms with Crippen LogP contribution < -0.4 is 10.1 Å². The Kier molecular flexibility index (Phi) is 7.28. The maximum absolute atomic E-state index is 13.0. The van der Waals surface area contributed by atoms with Crippen molar-refractivity contribution in [2.24, 2.45) is 5.92 Å². The highest BCUT2D eigenvalue weighted by Gasteiger charge is 2.24. The average molecular weight is 395 g/mol. The van der Waals surface area contributed by atoms with E-state index in [4.69, 9.17) is 4.74 Å². The number of hydrogen-bond donors (Lipinski definition) is 1. The first-order chi connectivity index (χ1) is 14.1. The van der Waals surface area contributed by atoms with Crippen molar-refractivity contribution in [2.75, 3.05) is 25.0 Å². The van der Waals surface area contributed by atoms with Crippen LogP contribution in [0.2, 0.25) is 0 Å². The summed E-state index contributed by atoms with van der Waals surface area (Å²) in [4.78, 5) is 27.9. The number of carbonyl (C=O) groups excluding carboxylic acids is 2. The van der Waals surface area contributed by atoms with Crippen LogP contribution >= 0.6 is 0 Å². The predicted octanol–water partition coefficient (Wildman–Crippen LogP) is 4.99. The lowest BCUT2D eigenvalue weighted by Gasteiger charge is -2.30. The number of likely N-dealkylation sites (tertiary alicyclic amines) is 1. The van der Waals surface area contributed by atoms with Gasteiger partial charge in [0, 0.05) is 13.1 Å². The fourth-order valence-electron chi connectivity index (χ4n) is 3.46. The molecule has 29 heavy (non-hydrogen) atoms. The van der Waals surface area contributed by atoms with Crippen LogP contribution in [-0.4, -0.2) is 36.4 Å². The van der Waals surface area contributed by atoms with Gasteiger partial charge in [-0.3, -0.25) is 9.59 Å². The second-order valence-electron chi connectivity index (χ2n) is 7.67. The van der Waals surface area contributed by atoms with E-state index in [-0.39, 0.29) is 11.8 Å². The number of ether oxygens (including phenoxy) is 1. The molecule has 0 spiro atoms. The molecule has 0 aromatic heterocycles. The topological polar surface area (TPSA) is 58.6 Å². The van der Waals surface area contributed by atoms with Gasteiger partial charge in [-0.2, -0.15) is 0 Å². The lowest BCUT2D eigenvalue weighted by Crippen LogP contribution is -2.38. The molecular formula is C24H30N2O3. The summed E-state index contributed by atoms with van der Waals surface area (Å²) < 4.78 is 5.78. The second-order valence-corrected chi connectivity index (χ2v) is 7.67.